The highest BCUT2D eigenvalue weighted by Gasteiger charge is 2.32. The summed E-state index contributed by atoms with van der Waals surface area (Å²) < 4.78 is 10.4. The van der Waals surface area contributed by atoms with Gasteiger partial charge in [-0.1, -0.05) is 0 Å². The van der Waals surface area contributed by atoms with E-state index in [1.807, 2.05) is 12.1 Å². The van der Waals surface area contributed by atoms with Gasteiger partial charge in [-0.25, -0.2) is 0 Å². The van der Waals surface area contributed by atoms with E-state index in [1.54, 1.807) is 18.2 Å². The first-order valence-corrected chi connectivity index (χ1v) is 6.66. The van der Waals surface area contributed by atoms with Crippen molar-refractivity contribution in [1.29, 1.82) is 0 Å². The van der Waals surface area contributed by atoms with E-state index in [1.165, 1.54) is 0 Å². The highest BCUT2D eigenvalue weighted by molar-refractivity contribution is 5.76. The van der Waals surface area contributed by atoms with Gasteiger partial charge in [0.15, 0.2) is 0 Å². The van der Waals surface area contributed by atoms with Crippen LogP contribution in [0.25, 0.3) is 0 Å². The average Bonchev–Trinajstić information content (AvgIpc) is 2.89. The van der Waals surface area contributed by atoms with Crippen LogP contribution in [-0.4, -0.2) is 48.3 Å². The number of ether oxygens (including phenoxy) is 1. The maximum absolute atomic E-state index is 12.0. The molecule has 1 aliphatic heterocycles. The molecule has 5 nitrogen and oxygen atoms in total. The Morgan fingerprint density at radius 3 is 2.84 bits per heavy atom. The standard InChI is InChI=1S/C14H21NO4/c1-15(11-14(17)6-9-18-10-7-14)13(16)5-4-12-3-2-8-19-12/h2-3,8,17H,4-7,9-11H2,1H3. The lowest BCUT2D eigenvalue weighted by Crippen LogP contribution is -2.47. The summed E-state index contributed by atoms with van der Waals surface area (Å²) in [5, 5.41) is 10.4. The van der Waals surface area contributed by atoms with Crippen molar-refractivity contribution < 1.29 is 19.1 Å². The third-order valence-corrected chi connectivity index (χ3v) is 3.55. The Bertz CT molecular complexity index is 396. The molecule has 1 amide bonds. The zero-order chi connectivity index (χ0) is 13.7. The fraction of sp³-hybridized carbons (Fsp3) is 0.643. The molecular weight excluding hydrogens is 246 g/mol. The van der Waals surface area contributed by atoms with E-state index >= 15 is 0 Å². The molecule has 19 heavy (non-hydrogen) atoms. The van der Waals surface area contributed by atoms with Crippen LogP contribution in [0, 0.1) is 0 Å². The molecule has 1 saturated heterocycles. The molecule has 1 fully saturated rings. The molecule has 106 valence electrons. The van der Waals surface area contributed by atoms with E-state index in [4.69, 9.17) is 9.15 Å². The molecule has 1 aliphatic rings. The van der Waals surface area contributed by atoms with Gasteiger partial charge in [0.2, 0.25) is 5.91 Å². The van der Waals surface area contributed by atoms with Crippen LogP contribution in [0.15, 0.2) is 22.8 Å². The van der Waals surface area contributed by atoms with Gasteiger partial charge in [-0.3, -0.25) is 4.79 Å². The predicted octanol–water partition coefficient (Wildman–Crippen LogP) is 1.21. The summed E-state index contributed by atoms with van der Waals surface area (Å²) in [5.74, 6) is 0.836. The van der Waals surface area contributed by atoms with Gasteiger partial charge in [0, 0.05) is 52.5 Å². The van der Waals surface area contributed by atoms with Crippen LogP contribution in [0.5, 0.6) is 0 Å². The van der Waals surface area contributed by atoms with Crippen molar-refractivity contribution in [1.82, 2.24) is 4.90 Å². The molecule has 5 heteroatoms. The van der Waals surface area contributed by atoms with Crippen LogP contribution in [0.2, 0.25) is 0 Å². The SMILES string of the molecule is CN(CC1(O)CCOCC1)C(=O)CCc1ccco1. The van der Waals surface area contributed by atoms with Crippen molar-refractivity contribution in [2.45, 2.75) is 31.3 Å². The first-order valence-electron chi connectivity index (χ1n) is 6.66. The summed E-state index contributed by atoms with van der Waals surface area (Å²) in [6, 6.07) is 3.67. The highest BCUT2D eigenvalue weighted by Crippen LogP contribution is 2.21. The fourth-order valence-corrected chi connectivity index (χ4v) is 2.31. The van der Waals surface area contributed by atoms with E-state index in [-0.39, 0.29) is 5.91 Å². The maximum atomic E-state index is 12.0. The minimum Gasteiger partial charge on any atom is -0.469 e. The number of carbonyl (C=O) groups excluding carboxylic acids is 1. The second kappa shape index (κ2) is 6.21. The van der Waals surface area contributed by atoms with Gasteiger partial charge in [0.05, 0.1) is 11.9 Å². The molecule has 0 bridgehead atoms. The van der Waals surface area contributed by atoms with Crippen molar-refractivity contribution in [2.24, 2.45) is 0 Å². The van der Waals surface area contributed by atoms with Gasteiger partial charge < -0.3 is 19.2 Å². The van der Waals surface area contributed by atoms with Crippen LogP contribution in [0.4, 0.5) is 0 Å². The number of furan rings is 1. The van der Waals surface area contributed by atoms with Crippen molar-refractivity contribution in [3.63, 3.8) is 0 Å². The number of amides is 1. The minimum atomic E-state index is -0.798. The first-order chi connectivity index (χ1) is 9.09. The Labute approximate surface area is 113 Å². The van der Waals surface area contributed by atoms with Crippen molar-refractivity contribution >= 4 is 5.91 Å². The summed E-state index contributed by atoms with van der Waals surface area (Å²) in [5.41, 5.74) is -0.798. The van der Waals surface area contributed by atoms with Gasteiger partial charge >= 0.3 is 0 Å². The molecule has 0 saturated carbocycles. The van der Waals surface area contributed by atoms with Crippen molar-refractivity contribution in [3.8, 4) is 0 Å². The van der Waals surface area contributed by atoms with Gasteiger partial charge in [-0.05, 0) is 12.1 Å². The number of aryl methyl sites for hydroxylation is 1. The second-order valence-electron chi connectivity index (χ2n) is 5.17. The van der Waals surface area contributed by atoms with Gasteiger partial charge in [-0.15, -0.1) is 0 Å². The Hall–Kier alpha value is -1.33. The predicted molar refractivity (Wildman–Crippen MR) is 69.7 cm³/mol. The average molecular weight is 267 g/mol. The van der Waals surface area contributed by atoms with E-state index in [0.717, 1.165) is 5.76 Å². The van der Waals surface area contributed by atoms with Crippen LogP contribution in [0.3, 0.4) is 0 Å². The van der Waals surface area contributed by atoms with Crippen LogP contribution in [0.1, 0.15) is 25.0 Å². The summed E-state index contributed by atoms with van der Waals surface area (Å²) >= 11 is 0. The zero-order valence-corrected chi connectivity index (χ0v) is 11.3. The van der Waals surface area contributed by atoms with E-state index < -0.39 is 5.60 Å². The molecule has 0 aliphatic carbocycles. The third kappa shape index (κ3) is 4.08. The topological polar surface area (TPSA) is 62.9 Å². The molecule has 2 rings (SSSR count). The van der Waals surface area contributed by atoms with Crippen LogP contribution < -0.4 is 0 Å². The Balaban J connectivity index is 1.78. The number of carbonyl (C=O) groups is 1. The van der Waals surface area contributed by atoms with Gasteiger partial charge in [0.25, 0.3) is 0 Å². The second-order valence-corrected chi connectivity index (χ2v) is 5.17. The number of rotatable bonds is 5. The van der Waals surface area contributed by atoms with E-state index in [0.29, 0.717) is 45.4 Å². The zero-order valence-electron chi connectivity index (χ0n) is 11.3. The smallest absolute Gasteiger partial charge is 0.222 e. The lowest BCUT2D eigenvalue weighted by Gasteiger charge is -2.35. The normalized spacial score (nSPS) is 18.2. The Morgan fingerprint density at radius 1 is 1.47 bits per heavy atom. The van der Waals surface area contributed by atoms with Gasteiger partial charge in [0.1, 0.15) is 5.76 Å². The molecule has 0 unspecified atom stereocenters. The van der Waals surface area contributed by atoms with E-state index in [9.17, 15) is 9.90 Å². The number of hydrogen-bond donors (Lipinski definition) is 1. The molecule has 2 heterocycles. The first kappa shape index (κ1) is 14.1. The van der Waals surface area contributed by atoms with Gasteiger partial charge in [-0.2, -0.15) is 0 Å². The minimum absolute atomic E-state index is 0.0244. The third-order valence-electron chi connectivity index (χ3n) is 3.55. The van der Waals surface area contributed by atoms with E-state index in [2.05, 4.69) is 0 Å². The molecular formula is C14H21NO4. The van der Waals surface area contributed by atoms with Crippen molar-refractivity contribution in [2.75, 3.05) is 26.8 Å². The molecule has 0 radical (unpaired) electrons. The van der Waals surface area contributed by atoms with Crippen LogP contribution >= 0.6 is 0 Å². The fourth-order valence-electron chi connectivity index (χ4n) is 2.31. The number of likely N-dealkylation sites (N-methyl/N-ethyl adjacent to an activating group) is 1. The summed E-state index contributed by atoms with van der Waals surface area (Å²) in [7, 11) is 1.73. The Morgan fingerprint density at radius 2 is 2.21 bits per heavy atom. The van der Waals surface area contributed by atoms with Crippen molar-refractivity contribution in [3.05, 3.63) is 24.2 Å². The molecule has 1 N–H and O–H groups in total. The van der Waals surface area contributed by atoms with Crippen LogP contribution in [-0.2, 0) is 16.0 Å². The molecule has 0 atom stereocenters. The largest absolute Gasteiger partial charge is 0.469 e. The number of aliphatic hydroxyl groups is 1. The quantitative estimate of drug-likeness (QED) is 0.871. The maximum Gasteiger partial charge on any atom is 0.222 e. The number of hydrogen-bond acceptors (Lipinski definition) is 4. The molecule has 0 aromatic carbocycles. The molecule has 1 aromatic heterocycles. The summed E-state index contributed by atoms with van der Waals surface area (Å²) in [6.45, 7) is 1.49. The summed E-state index contributed by atoms with van der Waals surface area (Å²) in [4.78, 5) is 13.6. The Kier molecular flexibility index (Phi) is 4.61. The summed E-state index contributed by atoms with van der Waals surface area (Å²) in [6.07, 6.45) is 3.77. The molecule has 1 aromatic rings. The lowest BCUT2D eigenvalue weighted by molar-refractivity contribution is -0.136. The number of nitrogens with zero attached hydrogens (tertiary/aromatic N) is 1. The highest BCUT2D eigenvalue weighted by atomic mass is 16.5. The lowest BCUT2D eigenvalue weighted by atomic mass is 9.94. The monoisotopic (exact) mass is 267 g/mol. The molecule has 0 spiro atoms.